The van der Waals surface area contributed by atoms with E-state index in [0.29, 0.717) is 16.7 Å². The van der Waals surface area contributed by atoms with Gasteiger partial charge in [0.15, 0.2) is 0 Å². The van der Waals surface area contributed by atoms with Crippen LogP contribution in [0.25, 0.3) is 0 Å². The van der Waals surface area contributed by atoms with Crippen molar-refractivity contribution in [1.29, 1.82) is 0 Å². The zero-order valence-corrected chi connectivity index (χ0v) is 6.20. The molecule has 1 heterocycles. The predicted octanol–water partition coefficient (Wildman–Crippen LogP) is -0.0454. The molecule has 0 bridgehead atoms. The van der Waals surface area contributed by atoms with Gasteiger partial charge in [0.05, 0.1) is 0 Å². The number of benzene rings is 1. The summed E-state index contributed by atoms with van der Waals surface area (Å²) < 4.78 is 17.4. The third kappa shape index (κ3) is 0.982. The number of nitrogens with two attached hydrogens (primary N) is 1. The van der Waals surface area contributed by atoms with Crippen molar-refractivity contribution in [3.8, 4) is 0 Å². The molecular formula is C7H7BFNO2. The number of nitrogen functional groups attached to an aromatic ring is 1. The van der Waals surface area contributed by atoms with E-state index in [0.717, 1.165) is 0 Å². The summed E-state index contributed by atoms with van der Waals surface area (Å²) >= 11 is 0. The molecule has 0 saturated heterocycles. The molecule has 3 N–H and O–H groups in total. The second-order valence-electron chi connectivity index (χ2n) is 2.69. The molecule has 0 saturated carbocycles. The molecule has 0 radical (unpaired) electrons. The maximum absolute atomic E-state index is 12.9. The van der Waals surface area contributed by atoms with Crippen LogP contribution in [0.5, 0.6) is 0 Å². The van der Waals surface area contributed by atoms with Gasteiger partial charge in [-0.25, -0.2) is 4.39 Å². The summed E-state index contributed by atoms with van der Waals surface area (Å²) in [6, 6.07) is 4.61. The molecular weight excluding hydrogens is 160 g/mol. The van der Waals surface area contributed by atoms with Gasteiger partial charge in [0.1, 0.15) is 0 Å². The molecule has 12 heavy (non-hydrogen) atoms. The zero-order valence-electron chi connectivity index (χ0n) is 6.20. The number of anilines is 1. The fourth-order valence-electron chi connectivity index (χ4n) is 1.27. The Balaban J connectivity index is 2.53. The molecule has 0 amide bonds. The molecule has 1 atom stereocenters. The van der Waals surface area contributed by atoms with Gasteiger partial charge < -0.3 is 15.4 Å². The minimum atomic E-state index is -1.53. The lowest BCUT2D eigenvalue weighted by molar-refractivity contribution is 0.0621. The Labute approximate surface area is 69.1 Å². The molecule has 1 aromatic carbocycles. The second kappa shape index (κ2) is 2.47. The first kappa shape index (κ1) is 7.58. The Morgan fingerprint density at radius 2 is 2.33 bits per heavy atom. The molecule has 5 heteroatoms. The van der Waals surface area contributed by atoms with Gasteiger partial charge >= 0.3 is 7.12 Å². The molecule has 0 fully saturated rings. The van der Waals surface area contributed by atoms with Gasteiger partial charge in [-0.05, 0) is 17.6 Å². The van der Waals surface area contributed by atoms with Crippen LogP contribution in [0.1, 0.15) is 11.9 Å². The lowest BCUT2D eigenvalue weighted by atomic mass is 9.79. The SMILES string of the molecule is Nc1ccc2c(c1)B(O)OC2F. The van der Waals surface area contributed by atoms with Gasteiger partial charge in [-0.2, -0.15) is 0 Å². The molecule has 1 aromatic rings. The number of rotatable bonds is 0. The van der Waals surface area contributed by atoms with E-state index in [4.69, 9.17) is 10.8 Å². The van der Waals surface area contributed by atoms with Gasteiger partial charge in [0.2, 0.25) is 6.36 Å². The molecule has 3 nitrogen and oxygen atoms in total. The number of alkyl halides is 1. The van der Waals surface area contributed by atoms with Gasteiger partial charge in [-0.15, -0.1) is 0 Å². The fraction of sp³-hybridized carbons (Fsp3) is 0.143. The van der Waals surface area contributed by atoms with E-state index in [-0.39, 0.29) is 0 Å². The highest BCUT2D eigenvalue weighted by atomic mass is 19.1. The van der Waals surface area contributed by atoms with Crippen LogP contribution in [0.4, 0.5) is 10.1 Å². The van der Waals surface area contributed by atoms with Crippen molar-refractivity contribution in [2.45, 2.75) is 6.36 Å². The van der Waals surface area contributed by atoms with Gasteiger partial charge in [0.25, 0.3) is 0 Å². The summed E-state index contributed by atoms with van der Waals surface area (Å²) in [5, 5.41) is 9.16. The van der Waals surface area contributed by atoms with Crippen molar-refractivity contribution in [3.05, 3.63) is 23.8 Å². The lowest BCUT2D eigenvalue weighted by Gasteiger charge is -1.99. The third-order valence-electron chi connectivity index (χ3n) is 1.87. The summed E-state index contributed by atoms with van der Waals surface area (Å²) in [4.78, 5) is 0. The summed E-state index contributed by atoms with van der Waals surface area (Å²) in [6.45, 7) is 0. The molecule has 0 aromatic heterocycles. The normalized spacial score (nSPS) is 21.2. The molecule has 1 unspecified atom stereocenters. The van der Waals surface area contributed by atoms with E-state index in [1.54, 1.807) is 6.07 Å². The van der Waals surface area contributed by atoms with Crippen LogP contribution < -0.4 is 11.2 Å². The van der Waals surface area contributed by atoms with Crippen LogP contribution >= 0.6 is 0 Å². The largest absolute Gasteiger partial charge is 0.494 e. The molecule has 0 spiro atoms. The van der Waals surface area contributed by atoms with Gasteiger partial charge in [-0.1, -0.05) is 6.07 Å². The van der Waals surface area contributed by atoms with E-state index < -0.39 is 13.5 Å². The first-order valence-electron chi connectivity index (χ1n) is 3.55. The summed E-state index contributed by atoms with van der Waals surface area (Å²) in [5.41, 5.74) is 6.72. The highest BCUT2D eigenvalue weighted by molar-refractivity contribution is 6.61. The quantitative estimate of drug-likeness (QED) is 0.420. The summed E-state index contributed by atoms with van der Waals surface area (Å²) in [5.74, 6) is 0. The van der Waals surface area contributed by atoms with Crippen molar-refractivity contribution in [3.63, 3.8) is 0 Å². The average molecular weight is 167 g/mol. The highest BCUT2D eigenvalue weighted by Crippen LogP contribution is 2.24. The minimum Gasteiger partial charge on any atom is -0.423 e. The second-order valence-corrected chi connectivity index (χ2v) is 2.69. The van der Waals surface area contributed by atoms with Crippen LogP contribution in [0.15, 0.2) is 18.2 Å². The lowest BCUT2D eigenvalue weighted by Crippen LogP contribution is -2.28. The molecule has 2 rings (SSSR count). The standard InChI is InChI=1S/C7H7BFNO2/c9-7-5-2-1-4(10)3-6(5)8(11)12-7/h1-3,7,11H,10H2. The van der Waals surface area contributed by atoms with Crippen molar-refractivity contribution in [1.82, 2.24) is 0 Å². The smallest absolute Gasteiger partial charge is 0.423 e. The summed E-state index contributed by atoms with van der Waals surface area (Å²) in [6.07, 6.45) is -1.53. The van der Waals surface area contributed by atoms with Crippen LogP contribution in [0.3, 0.4) is 0 Å². The fourth-order valence-corrected chi connectivity index (χ4v) is 1.27. The molecule has 1 aliphatic rings. The minimum absolute atomic E-state index is 0.358. The Bertz CT molecular complexity index is 320. The predicted molar refractivity (Wildman–Crippen MR) is 43.4 cm³/mol. The van der Waals surface area contributed by atoms with E-state index >= 15 is 0 Å². The maximum atomic E-state index is 12.9. The number of hydrogen-bond donors (Lipinski definition) is 2. The van der Waals surface area contributed by atoms with Crippen LogP contribution in [-0.2, 0) is 4.65 Å². The Kier molecular flexibility index (Phi) is 1.56. The first-order valence-corrected chi connectivity index (χ1v) is 3.55. The van der Waals surface area contributed by atoms with Crippen LogP contribution in [0, 0.1) is 0 Å². The monoisotopic (exact) mass is 167 g/mol. The number of hydrogen-bond acceptors (Lipinski definition) is 3. The Morgan fingerprint density at radius 1 is 1.58 bits per heavy atom. The van der Waals surface area contributed by atoms with Crippen molar-refractivity contribution >= 4 is 18.3 Å². The van der Waals surface area contributed by atoms with E-state index in [2.05, 4.69) is 4.65 Å². The molecule has 0 aliphatic carbocycles. The highest BCUT2D eigenvalue weighted by Gasteiger charge is 2.34. The van der Waals surface area contributed by atoms with Crippen LogP contribution in [-0.4, -0.2) is 12.1 Å². The first-order chi connectivity index (χ1) is 5.68. The average Bonchev–Trinajstić information content (AvgIpc) is 2.28. The topological polar surface area (TPSA) is 55.5 Å². The Morgan fingerprint density at radius 3 is 3.08 bits per heavy atom. The van der Waals surface area contributed by atoms with Gasteiger partial charge in [-0.3, -0.25) is 0 Å². The number of halogens is 1. The van der Waals surface area contributed by atoms with E-state index in [9.17, 15) is 4.39 Å². The van der Waals surface area contributed by atoms with Crippen molar-refractivity contribution < 1.29 is 14.1 Å². The number of fused-ring (bicyclic) bond motifs is 1. The van der Waals surface area contributed by atoms with Crippen molar-refractivity contribution in [2.24, 2.45) is 0 Å². The van der Waals surface area contributed by atoms with E-state index in [1.165, 1.54) is 12.1 Å². The third-order valence-corrected chi connectivity index (χ3v) is 1.87. The maximum Gasteiger partial charge on any atom is 0.494 e. The summed E-state index contributed by atoms with van der Waals surface area (Å²) in [7, 11) is -1.18. The molecule has 62 valence electrons. The Hall–Kier alpha value is -1.07. The molecule has 1 aliphatic heterocycles. The van der Waals surface area contributed by atoms with E-state index in [1.807, 2.05) is 0 Å². The zero-order chi connectivity index (χ0) is 8.72. The van der Waals surface area contributed by atoms with Crippen molar-refractivity contribution in [2.75, 3.05) is 5.73 Å². The van der Waals surface area contributed by atoms with Crippen LogP contribution in [0.2, 0.25) is 0 Å². The van der Waals surface area contributed by atoms with Gasteiger partial charge in [0, 0.05) is 11.3 Å².